The summed E-state index contributed by atoms with van der Waals surface area (Å²) in [4.78, 5) is 11.2. The Labute approximate surface area is 78.8 Å². The Balaban J connectivity index is 2.19. The number of alkyl carbamates (subject to hydrolysis) is 1. The van der Waals surface area contributed by atoms with Crippen LogP contribution in [-0.4, -0.2) is 17.7 Å². The standard InChI is InChI=1S/C10H17NO2/c1-7-8-5-3-4-6-10(8,2)11-9(12)13-7/h7-8H,3-6H2,1-2H3,(H,11,12). The Morgan fingerprint density at radius 3 is 3.08 bits per heavy atom. The number of amides is 1. The second-order valence-electron chi connectivity index (χ2n) is 4.51. The van der Waals surface area contributed by atoms with Crippen LogP contribution in [0.2, 0.25) is 0 Å². The second kappa shape index (κ2) is 2.89. The van der Waals surface area contributed by atoms with Crippen molar-refractivity contribution in [2.45, 2.75) is 51.2 Å². The van der Waals surface area contributed by atoms with Gasteiger partial charge in [-0.05, 0) is 26.7 Å². The van der Waals surface area contributed by atoms with Crippen LogP contribution in [0.3, 0.4) is 0 Å². The van der Waals surface area contributed by atoms with Crippen molar-refractivity contribution < 1.29 is 9.53 Å². The van der Waals surface area contributed by atoms with Gasteiger partial charge in [-0.2, -0.15) is 0 Å². The van der Waals surface area contributed by atoms with Crippen molar-refractivity contribution >= 4 is 6.09 Å². The van der Waals surface area contributed by atoms with Crippen molar-refractivity contribution in [3.8, 4) is 0 Å². The zero-order chi connectivity index (χ0) is 9.47. The molecule has 2 aliphatic rings. The number of carbonyl (C=O) groups excluding carboxylic acids is 1. The number of fused-ring (bicyclic) bond motifs is 1. The normalized spacial score (nSPS) is 44.6. The van der Waals surface area contributed by atoms with Crippen LogP contribution in [0.25, 0.3) is 0 Å². The first-order valence-corrected chi connectivity index (χ1v) is 5.11. The molecule has 3 unspecified atom stereocenters. The molecule has 0 radical (unpaired) electrons. The molecule has 3 atom stereocenters. The lowest BCUT2D eigenvalue weighted by molar-refractivity contribution is -0.0233. The van der Waals surface area contributed by atoms with Gasteiger partial charge in [0.2, 0.25) is 0 Å². The summed E-state index contributed by atoms with van der Waals surface area (Å²) in [6.07, 6.45) is 4.60. The highest BCUT2D eigenvalue weighted by atomic mass is 16.6. The molecule has 2 rings (SSSR count). The van der Waals surface area contributed by atoms with Gasteiger partial charge in [0.25, 0.3) is 0 Å². The first-order valence-electron chi connectivity index (χ1n) is 5.11. The lowest BCUT2D eigenvalue weighted by Crippen LogP contribution is -2.61. The Hall–Kier alpha value is -0.730. The van der Waals surface area contributed by atoms with E-state index in [1.54, 1.807) is 0 Å². The second-order valence-corrected chi connectivity index (χ2v) is 4.51. The van der Waals surface area contributed by atoms with Gasteiger partial charge < -0.3 is 10.1 Å². The van der Waals surface area contributed by atoms with Crippen molar-refractivity contribution in [3.05, 3.63) is 0 Å². The monoisotopic (exact) mass is 183 g/mol. The molecule has 3 heteroatoms. The van der Waals surface area contributed by atoms with Crippen LogP contribution in [0, 0.1) is 5.92 Å². The van der Waals surface area contributed by atoms with Crippen LogP contribution in [0.5, 0.6) is 0 Å². The summed E-state index contributed by atoms with van der Waals surface area (Å²) in [6, 6.07) is 0. The zero-order valence-corrected chi connectivity index (χ0v) is 8.30. The van der Waals surface area contributed by atoms with E-state index < -0.39 is 0 Å². The van der Waals surface area contributed by atoms with Gasteiger partial charge in [0.05, 0.1) is 0 Å². The predicted molar refractivity (Wildman–Crippen MR) is 49.4 cm³/mol. The van der Waals surface area contributed by atoms with E-state index in [2.05, 4.69) is 12.2 Å². The van der Waals surface area contributed by atoms with Crippen molar-refractivity contribution in [2.75, 3.05) is 0 Å². The van der Waals surface area contributed by atoms with Gasteiger partial charge in [-0.25, -0.2) is 4.79 Å². The summed E-state index contributed by atoms with van der Waals surface area (Å²) >= 11 is 0. The molecule has 3 nitrogen and oxygen atoms in total. The van der Waals surface area contributed by atoms with Crippen LogP contribution < -0.4 is 5.32 Å². The number of hydrogen-bond donors (Lipinski definition) is 1. The number of cyclic esters (lactones) is 1. The van der Waals surface area contributed by atoms with Gasteiger partial charge in [-0.1, -0.05) is 12.8 Å². The average Bonchev–Trinajstić information content (AvgIpc) is 2.01. The molecule has 0 aromatic heterocycles. The van der Waals surface area contributed by atoms with E-state index in [4.69, 9.17) is 4.74 Å². The number of ether oxygens (including phenoxy) is 1. The first-order chi connectivity index (χ1) is 6.12. The highest BCUT2D eigenvalue weighted by Gasteiger charge is 2.45. The zero-order valence-electron chi connectivity index (χ0n) is 8.30. The van der Waals surface area contributed by atoms with E-state index in [-0.39, 0.29) is 17.7 Å². The molecular weight excluding hydrogens is 166 g/mol. The lowest BCUT2D eigenvalue weighted by Gasteiger charge is -2.47. The van der Waals surface area contributed by atoms with Crippen LogP contribution in [0.4, 0.5) is 4.79 Å². The molecule has 0 bridgehead atoms. The Morgan fingerprint density at radius 2 is 2.31 bits per heavy atom. The fourth-order valence-corrected chi connectivity index (χ4v) is 2.78. The fraction of sp³-hybridized carbons (Fsp3) is 0.900. The number of hydrogen-bond acceptors (Lipinski definition) is 2. The minimum absolute atomic E-state index is 0.00694. The van der Waals surface area contributed by atoms with Crippen LogP contribution in [-0.2, 0) is 4.74 Å². The van der Waals surface area contributed by atoms with Gasteiger partial charge in [-0.15, -0.1) is 0 Å². The third-order valence-corrected chi connectivity index (χ3v) is 3.53. The van der Waals surface area contributed by atoms with Crippen molar-refractivity contribution in [3.63, 3.8) is 0 Å². The molecule has 1 saturated heterocycles. The van der Waals surface area contributed by atoms with E-state index in [1.807, 2.05) is 6.92 Å². The van der Waals surface area contributed by atoms with E-state index in [0.717, 1.165) is 6.42 Å². The summed E-state index contributed by atoms with van der Waals surface area (Å²) in [5.74, 6) is 0.499. The maximum atomic E-state index is 11.2. The Morgan fingerprint density at radius 1 is 1.54 bits per heavy atom. The topological polar surface area (TPSA) is 38.3 Å². The third-order valence-electron chi connectivity index (χ3n) is 3.53. The molecule has 74 valence electrons. The smallest absolute Gasteiger partial charge is 0.407 e. The Kier molecular flexibility index (Phi) is 1.97. The van der Waals surface area contributed by atoms with Gasteiger partial charge in [0.15, 0.2) is 0 Å². The maximum absolute atomic E-state index is 11.2. The molecule has 1 amide bonds. The first kappa shape index (κ1) is 8.85. The van der Waals surface area contributed by atoms with Gasteiger partial charge in [0.1, 0.15) is 6.10 Å². The van der Waals surface area contributed by atoms with Crippen molar-refractivity contribution in [2.24, 2.45) is 5.92 Å². The van der Waals surface area contributed by atoms with E-state index >= 15 is 0 Å². The lowest BCUT2D eigenvalue weighted by atomic mass is 9.71. The molecule has 2 fully saturated rings. The van der Waals surface area contributed by atoms with Gasteiger partial charge in [0, 0.05) is 11.5 Å². The van der Waals surface area contributed by atoms with E-state index in [9.17, 15) is 4.79 Å². The van der Waals surface area contributed by atoms with E-state index in [1.165, 1.54) is 19.3 Å². The highest BCUT2D eigenvalue weighted by Crippen LogP contribution is 2.38. The predicted octanol–water partition coefficient (Wildman–Crippen LogP) is 2.06. The molecular formula is C10H17NO2. The summed E-state index contributed by atoms with van der Waals surface area (Å²) in [5, 5.41) is 2.96. The summed E-state index contributed by atoms with van der Waals surface area (Å²) in [5.41, 5.74) is -0.00694. The minimum atomic E-state index is -0.242. The van der Waals surface area contributed by atoms with Gasteiger partial charge >= 0.3 is 6.09 Å². The molecule has 1 N–H and O–H groups in total. The largest absolute Gasteiger partial charge is 0.446 e. The van der Waals surface area contributed by atoms with Crippen LogP contribution in [0.15, 0.2) is 0 Å². The van der Waals surface area contributed by atoms with E-state index in [0.29, 0.717) is 5.92 Å². The summed E-state index contributed by atoms with van der Waals surface area (Å²) in [6.45, 7) is 4.15. The maximum Gasteiger partial charge on any atom is 0.407 e. The van der Waals surface area contributed by atoms with Crippen molar-refractivity contribution in [1.29, 1.82) is 0 Å². The molecule has 0 aromatic rings. The highest BCUT2D eigenvalue weighted by molar-refractivity contribution is 5.69. The molecule has 13 heavy (non-hydrogen) atoms. The molecule has 1 saturated carbocycles. The molecule has 0 aromatic carbocycles. The molecule has 1 heterocycles. The molecule has 1 aliphatic carbocycles. The average molecular weight is 183 g/mol. The van der Waals surface area contributed by atoms with Crippen LogP contribution in [0.1, 0.15) is 39.5 Å². The minimum Gasteiger partial charge on any atom is -0.446 e. The summed E-state index contributed by atoms with van der Waals surface area (Å²) in [7, 11) is 0. The van der Waals surface area contributed by atoms with Gasteiger partial charge in [-0.3, -0.25) is 0 Å². The SMILES string of the molecule is CC1OC(=O)NC2(C)CCCCC12. The van der Waals surface area contributed by atoms with Crippen LogP contribution >= 0.6 is 0 Å². The third kappa shape index (κ3) is 1.40. The number of rotatable bonds is 0. The molecule has 1 aliphatic heterocycles. The number of nitrogens with one attached hydrogen (secondary N) is 1. The Bertz CT molecular complexity index is 229. The molecule has 0 spiro atoms. The fourth-order valence-electron chi connectivity index (χ4n) is 2.78. The van der Waals surface area contributed by atoms with Crippen molar-refractivity contribution in [1.82, 2.24) is 5.32 Å². The summed E-state index contributed by atoms with van der Waals surface area (Å²) < 4.78 is 5.17. The quantitative estimate of drug-likeness (QED) is 0.624. The number of carbonyl (C=O) groups is 1.